The third-order valence-electron chi connectivity index (χ3n) is 2.02. The topological polar surface area (TPSA) is 50.4 Å². The van der Waals surface area contributed by atoms with E-state index in [2.05, 4.69) is 17.2 Å². The van der Waals surface area contributed by atoms with Crippen LogP contribution >= 0.6 is 11.8 Å². The van der Waals surface area contributed by atoms with Crippen LogP contribution < -0.4 is 11.1 Å². The van der Waals surface area contributed by atoms with Crippen molar-refractivity contribution in [2.75, 3.05) is 18.1 Å². The van der Waals surface area contributed by atoms with Gasteiger partial charge in [0.15, 0.2) is 5.96 Å². The van der Waals surface area contributed by atoms with Crippen molar-refractivity contribution in [2.45, 2.75) is 32.2 Å². The van der Waals surface area contributed by atoms with Crippen LogP contribution in [0.3, 0.4) is 0 Å². The standard InChI is InChI=1S/C9H19N3S/c1-2-5-11-9(10)12-8-4-3-6-13-7-8/h8H,2-7H2,1H3,(H3,10,11,12). The van der Waals surface area contributed by atoms with Gasteiger partial charge in [-0.15, -0.1) is 0 Å². The summed E-state index contributed by atoms with van der Waals surface area (Å²) in [4.78, 5) is 4.21. The number of hydrogen-bond acceptors (Lipinski definition) is 2. The highest BCUT2D eigenvalue weighted by Crippen LogP contribution is 2.16. The molecular weight excluding hydrogens is 182 g/mol. The molecule has 1 rings (SSSR count). The van der Waals surface area contributed by atoms with Crippen LogP contribution in [-0.2, 0) is 0 Å². The summed E-state index contributed by atoms with van der Waals surface area (Å²) in [6, 6.07) is 0.541. The largest absolute Gasteiger partial charge is 0.370 e. The van der Waals surface area contributed by atoms with Crippen LogP contribution in [0.15, 0.2) is 4.99 Å². The van der Waals surface area contributed by atoms with Crippen molar-refractivity contribution in [2.24, 2.45) is 10.7 Å². The molecule has 0 aromatic carbocycles. The molecule has 0 aromatic rings. The molecule has 4 heteroatoms. The summed E-state index contributed by atoms with van der Waals surface area (Å²) in [5, 5.41) is 3.26. The average molecular weight is 201 g/mol. The zero-order valence-electron chi connectivity index (χ0n) is 8.25. The van der Waals surface area contributed by atoms with E-state index in [0.29, 0.717) is 12.0 Å². The first-order valence-corrected chi connectivity index (χ1v) is 6.12. The van der Waals surface area contributed by atoms with Crippen LogP contribution in [0, 0.1) is 0 Å². The highest BCUT2D eigenvalue weighted by Gasteiger charge is 2.13. The Morgan fingerprint density at radius 3 is 3.15 bits per heavy atom. The smallest absolute Gasteiger partial charge is 0.188 e. The van der Waals surface area contributed by atoms with Gasteiger partial charge in [-0.2, -0.15) is 11.8 Å². The van der Waals surface area contributed by atoms with Crippen LogP contribution in [0.4, 0.5) is 0 Å². The van der Waals surface area contributed by atoms with Crippen LogP contribution in [0.2, 0.25) is 0 Å². The number of nitrogens with one attached hydrogen (secondary N) is 1. The fourth-order valence-electron chi connectivity index (χ4n) is 1.34. The third kappa shape index (κ3) is 4.41. The van der Waals surface area contributed by atoms with Gasteiger partial charge in [0.05, 0.1) is 0 Å². The molecule has 0 aliphatic carbocycles. The molecule has 0 bridgehead atoms. The molecule has 0 spiro atoms. The van der Waals surface area contributed by atoms with Crippen LogP contribution in [0.5, 0.6) is 0 Å². The van der Waals surface area contributed by atoms with Gasteiger partial charge >= 0.3 is 0 Å². The second kappa shape index (κ2) is 6.13. The normalized spacial score (nSPS) is 24.4. The molecule has 1 heterocycles. The minimum Gasteiger partial charge on any atom is -0.370 e. The summed E-state index contributed by atoms with van der Waals surface area (Å²) in [5.74, 6) is 3.08. The first-order valence-electron chi connectivity index (χ1n) is 4.97. The van der Waals surface area contributed by atoms with Crippen molar-refractivity contribution in [3.05, 3.63) is 0 Å². The molecule has 3 N–H and O–H groups in total. The zero-order chi connectivity index (χ0) is 9.52. The van der Waals surface area contributed by atoms with Gasteiger partial charge in [-0.25, -0.2) is 0 Å². The lowest BCUT2D eigenvalue weighted by Crippen LogP contribution is -2.42. The molecule has 0 amide bonds. The Morgan fingerprint density at radius 1 is 1.69 bits per heavy atom. The third-order valence-corrected chi connectivity index (χ3v) is 3.23. The van der Waals surface area contributed by atoms with Crippen LogP contribution in [-0.4, -0.2) is 30.1 Å². The fourth-order valence-corrected chi connectivity index (χ4v) is 2.41. The Hall–Kier alpha value is -0.380. The minimum absolute atomic E-state index is 0.541. The quantitative estimate of drug-likeness (QED) is 0.533. The summed E-state index contributed by atoms with van der Waals surface area (Å²) in [7, 11) is 0. The molecule has 0 saturated carbocycles. The number of guanidine groups is 1. The SMILES string of the molecule is CCCN=C(N)NC1CCCSC1. The summed E-state index contributed by atoms with van der Waals surface area (Å²) in [6.45, 7) is 2.94. The maximum Gasteiger partial charge on any atom is 0.188 e. The lowest BCUT2D eigenvalue weighted by Gasteiger charge is -2.22. The van der Waals surface area contributed by atoms with Gasteiger partial charge in [-0.3, -0.25) is 4.99 Å². The molecule has 0 radical (unpaired) electrons. The highest BCUT2D eigenvalue weighted by molar-refractivity contribution is 7.99. The van der Waals surface area contributed by atoms with Crippen molar-refractivity contribution in [1.82, 2.24) is 5.32 Å². The fraction of sp³-hybridized carbons (Fsp3) is 0.889. The van der Waals surface area contributed by atoms with E-state index in [1.807, 2.05) is 11.8 Å². The molecule has 1 aliphatic heterocycles. The van der Waals surface area contributed by atoms with Gasteiger partial charge < -0.3 is 11.1 Å². The predicted octanol–water partition coefficient (Wildman–Crippen LogP) is 1.20. The molecule has 1 aliphatic rings. The van der Waals surface area contributed by atoms with E-state index < -0.39 is 0 Å². The van der Waals surface area contributed by atoms with E-state index in [1.54, 1.807) is 0 Å². The molecule has 1 atom stereocenters. The number of nitrogens with zero attached hydrogens (tertiary/aromatic N) is 1. The Morgan fingerprint density at radius 2 is 2.54 bits per heavy atom. The maximum atomic E-state index is 5.72. The number of rotatable bonds is 3. The molecule has 13 heavy (non-hydrogen) atoms. The second-order valence-corrected chi connectivity index (χ2v) is 4.48. The van der Waals surface area contributed by atoms with E-state index in [1.165, 1.54) is 24.3 Å². The maximum absolute atomic E-state index is 5.72. The van der Waals surface area contributed by atoms with Crippen LogP contribution in [0.1, 0.15) is 26.2 Å². The highest BCUT2D eigenvalue weighted by atomic mass is 32.2. The lowest BCUT2D eigenvalue weighted by atomic mass is 10.2. The number of hydrogen-bond donors (Lipinski definition) is 2. The molecule has 3 nitrogen and oxygen atoms in total. The molecule has 76 valence electrons. The second-order valence-electron chi connectivity index (χ2n) is 3.33. The Balaban J connectivity index is 2.21. The van der Waals surface area contributed by atoms with Gasteiger partial charge in [0.1, 0.15) is 0 Å². The number of thioether (sulfide) groups is 1. The van der Waals surface area contributed by atoms with Crippen molar-refractivity contribution >= 4 is 17.7 Å². The Labute approximate surface area is 84.6 Å². The Bertz CT molecular complexity index is 164. The van der Waals surface area contributed by atoms with Crippen LogP contribution in [0.25, 0.3) is 0 Å². The first kappa shape index (κ1) is 10.7. The van der Waals surface area contributed by atoms with Gasteiger partial charge in [-0.1, -0.05) is 6.92 Å². The molecular formula is C9H19N3S. The summed E-state index contributed by atoms with van der Waals surface area (Å²) < 4.78 is 0. The molecule has 1 fully saturated rings. The summed E-state index contributed by atoms with van der Waals surface area (Å²) >= 11 is 2.00. The number of aliphatic imine (C=N–C) groups is 1. The average Bonchev–Trinajstić information content (AvgIpc) is 2.16. The van der Waals surface area contributed by atoms with E-state index in [-0.39, 0.29) is 0 Å². The monoisotopic (exact) mass is 201 g/mol. The zero-order valence-corrected chi connectivity index (χ0v) is 9.07. The molecule has 1 unspecified atom stereocenters. The van der Waals surface area contributed by atoms with Crippen molar-refractivity contribution in [3.8, 4) is 0 Å². The van der Waals surface area contributed by atoms with E-state index in [0.717, 1.165) is 13.0 Å². The van der Waals surface area contributed by atoms with Gasteiger partial charge in [-0.05, 0) is 25.0 Å². The lowest BCUT2D eigenvalue weighted by molar-refractivity contribution is 0.590. The Kier molecular flexibility index (Phi) is 5.05. The van der Waals surface area contributed by atoms with Gasteiger partial charge in [0, 0.05) is 18.3 Å². The van der Waals surface area contributed by atoms with E-state index in [4.69, 9.17) is 5.73 Å². The van der Waals surface area contributed by atoms with Gasteiger partial charge in [0.2, 0.25) is 0 Å². The van der Waals surface area contributed by atoms with Gasteiger partial charge in [0.25, 0.3) is 0 Å². The van der Waals surface area contributed by atoms with Crippen molar-refractivity contribution in [1.29, 1.82) is 0 Å². The number of nitrogens with two attached hydrogens (primary N) is 1. The molecule has 1 saturated heterocycles. The van der Waals surface area contributed by atoms with Crippen molar-refractivity contribution in [3.63, 3.8) is 0 Å². The summed E-state index contributed by atoms with van der Waals surface area (Å²) in [5.41, 5.74) is 5.72. The predicted molar refractivity (Wildman–Crippen MR) is 60.3 cm³/mol. The first-order chi connectivity index (χ1) is 6.33. The minimum atomic E-state index is 0.541. The van der Waals surface area contributed by atoms with E-state index >= 15 is 0 Å². The van der Waals surface area contributed by atoms with Crippen molar-refractivity contribution < 1.29 is 0 Å². The summed E-state index contributed by atoms with van der Waals surface area (Å²) in [6.07, 6.45) is 3.58. The van der Waals surface area contributed by atoms with E-state index in [9.17, 15) is 0 Å². The molecule has 0 aromatic heterocycles.